The van der Waals surface area contributed by atoms with Gasteiger partial charge in [0.25, 0.3) is 5.91 Å². The summed E-state index contributed by atoms with van der Waals surface area (Å²) in [6.45, 7) is 5.32. The van der Waals surface area contributed by atoms with Crippen LogP contribution in [0.1, 0.15) is 36.8 Å². The fourth-order valence-corrected chi connectivity index (χ4v) is 3.31. The Morgan fingerprint density at radius 2 is 1.68 bits per heavy atom. The molecule has 1 atom stereocenters. The number of rotatable bonds is 4. The van der Waals surface area contributed by atoms with Crippen LogP contribution in [0, 0.1) is 6.92 Å². The first kappa shape index (κ1) is 17.3. The first-order chi connectivity index (χ1) is 12.0. The van der Waals surface area contributed by atoms with Crippen LogP contribution in [0.15, 0.2) is 48.5 Å². The highest BCUT2D eigenvalue weighted by Crippen LogP contribution is 2.29. The molecule has 1 aliphatic heterocycles. The van der Waals surface area contributed by atoms with E-state index in [1.165, 1.54) is 11.1 Å². The molecule has 2 aromatic rings. The third kappa shape index (κ3) is 4.32. The third-order valence-electron chi connectivity index (χ3n) is 4.85. The van der Waals surface area contributed by atoms with E-state index in [1.54, 1.807) is 12.1 Å². The molecule has 1 unspecified atom stereocenters. The van der Waals surface area contributed by atoms with E-state index in [1.807, 2.05) is 55.1 Å². The van der Waals surface area contributed by atoms with Gasteiger partial charge in [-0.05, 0) is 62.4 Å². The minimum Gasteiger partial charge on any atom is -0.508 e. The van der Waals surface area contributed by atoms with Crippen LogP contribution in [-0.2, 0) is 4.79 Å². The molecule has 0 saturated carbocycles. The quantitative estimate of drug-likeness (QED) is 0.920. The van der Waals surface area contributed by atoms with Crippen molar-refractivity contribution >= 4 is 5.91 Å². The van der Waals surface area contributed by atoms with Gasteiger partial charge in [-0.1, -0.05) is 29.8 Å². The number of ether oxygens (including phenoxy) is 1. The molecular formula is C21H25NO3. The second kappa shape index (κ2) is 7.60. The smallest absolute Gasteiger partial charge is 0.263 e. The summed E-state index contributed by atoms with van der Waals surface area (Å²) in [5.74, 6) is 1.51. The van der Waals surface area contributed by atoms with E-state index in [9.17, 15) is 9.90 Å². The van der Waals surface area contributed by atoms with Gasteiger partial charge in [0.15, 0.2) is 6.10 Å². The topological polar surface area (TPSA) is 49.8 Å². The van der Waals surface area contributed by atoms with E-state index < -0.39 is 6.10 Å². The normalized spacial score (nSPS) is 16.5. The van der Waals surface area contributed by atoms with Crippen LogP contribution in [0.4, 0.5) is 0 Å². The maximum absolute atomic E-state index is 12.6. The maximum Gasteiger partial charge on any atom is 0.263 e. The molecule has 3 rings (SSSR count). The van der Waals surface area contributed by atoms with E-state index in [4.69, 9.17) is 4.74 Å². The molecule has 0 aliphatic carbocycles. The van der Waals surface area contributed by atoms with Gasteiger partial charge in [0.1, 0.15) is 11.5 Å². The number of amides is 1. The van der Waals surface area contributed by atoms with Crippen LogP contribution in [-0.4, -0.2) is 35.1 Å². The molecule has 1 heterocycles. The first-order valence-electron chi connectivity index (χ1n) is 8.84. The number of aryl methyl sites for hydroxylation is 1. The zero-order chi connectivity index (χ0) is 17.8. The Labute approximate surface area is 149 Å². The molecule has 132 valence electrons. The average molecular weight is 339 g/mol. The minimum atomic E-state index is -0.479. The van der Waals surface area contributed by atoms with Gasteiger partial charge in [0.2, 0.25) is 0 Å². The number of likely N-dealkylation sites (tertiary alicyclic amines) is 1. The molecule has 0 spiro atoms. The zero-order valence-electron chi connectivity index (χ0n) is 14.8. The van der Waals surface area contributed by atoms with Gasteiger partial charge in [-0.15, -0.1) is 0 Å². The number of piperidine rings is 1. The summed E-state index contributed by atoms with van der Waals surface area (Å²) in [6.07, 6.45) is 1.40. The van der Waals surface area contributed by atoms with Crippen molar-refractivity contribution in [3.05, 3.63) is 59.7 Å². The number of benzene rings is 2. The van der Waals surface area contributed by atoms with Gasteiger partial charge in [-0.2, -0.15) is 0 Å². The zero-order valence-corrected chi connectivity index (χ0v) is 14.8. The van der Waals surface area contributed by atoms with Crippen molar-refractivity contribution < 1.29 is 14.6 Å². The summed E-state index contributed by atoms with van der Waals surface area (Å²) in [7, 11) is 0. The van der Waals surface area contributed by atoms with E-state index in [-0.39, 0.29) is 5.91 Å². The lowest BCUT2D eigenvalue weighted by molar-refractivity contribution is -0.139. The molecule has 1 fully saturated rings. The van der Waals surface area contributed by atoms with E-state index in [0.717, 1.165) is 31.7 Å². The van der Waals surface area contributed by atoms with Gasteiger partial charge >= 0.3 is 0 Å². The summed E-state index contributed by atoms with van der Waals surface area (Å²) >= 11 is 0. The predicted octanol–water partition coefficient (Wildman–Crippen LogP) is 3.87. The molecule has 4 nitrogen and oxygen atoms in total. The Kier molecular flexibility index (Phi) is 5.27. The second-order valence-corrected chi connectivity index (χ2v) is 6.76. The monoisotopic (exact) mass is 339 g/mol. The van der Waals surface area contributed by atoms with Crippen LogP contribution in [0.3, 0.4) is 0 Å². The number of phenolic OH excluding ortho intramolecular Hbond substituents is 1. The van der Waals surface area contributed by atoms with Crippen molar-refractivity contribution in [2.75, 3.05) is 13.1 Å². The highest BCUT2D eigenvalue weighted by molar-refractivity contribution is 5.81. The van der Waals surface area contributed by atoms with E-state index in [2.05, 4.69) is 0 Å². The fraction of sp³-hybridized carbons (Fsp3) is 0.381. The molecule has 25 heavy (non-hydrogen) atoms. The van der Waals surface area contributed by atoms with Crippen molar-refractivity contribution in [1.82, 2.24) is 4.90 Å². The largest absolute Gasteiger partial charge is 0.508 e. The number of hydrogen-bond donors (Lipinski definition) is 1. The number of carbonyl (C=O) groups excluding carboxylic acids is 1. The summed E-state index contributed by atoms with van der Waals surface area (Å²) < 4.78 is 5.79. The van der Waals surface area contributed by atoms with E-state index in [0.29, 0.717) is 11.7 Å². The highest BCUT2D eigenvalue weighted by Gasteiger charge is 2.27. The molecule has 4 heteroatoms. The summed E-state index contributed by atoms with van der Waals surface area (Å²) in [5, 5.41) is 9.40. The van der Waals surface area contributed by atoms with Crippen molar-refractivity contribution in [2.45, 2.75) is 38.7 Å². The number of phenols is 1. The highest BCUT2D eigenvalue weighted by atomic mass is 16.5. The lowest BCUT2D eigenvalue weighted by Gasteiger charge is -2.33. The molecule has 0 radical (unpaired) electrons. The summed E-state index contributed by atoms with van der Waals surface area (Å²) in [4.78, 5) is 14.5. The van der Waals surface area contributed by atoms with Gasteiger partial charge in [-0.25, -0.2) is 0 Å². The molecule has 1 saturated heterocycles. The Morgan fingerprint density at radius 3 is 2.28 bits per heavy atom. The standard InChI is InChI=1S/C21H25NO3/c1-15-3-9-20(10-4-15)25-16(2)21(24)22-13-11-18(12-14-22)17-5-7-19(23)8-6-17/h3-10,16,18,23H,11-14H2,1-2H3. The molecule has 1 N–H and O–H groups in total. The Balaban J connectivity index is 1.53. The van der Waals surface area contributed by atoms with Crippen molar-refractivity contribution in [3.8, 4) is 11.5 Å². The Bertz CT molecular complexity index is 701. The number of nitrogens with zero attached hydrogens (tertiary/aromatic N) is 1. The van der Waals surface area contributed by atoms with Gasteiger partial charge < -0.3 is 14.7 Å². The maximum atomic E-state index is 12.6. The summed E-state index contributed by atoms with van der Waals surface area (Å²) in [5.41, 5.74) is 2.40. The van der Waals surface area contributed by atoms with E-state index >= 15 is 0 Å². The van der Waals surface area contributed by atoms with Crippen LogP contribution in [0.2, 0.25) is 0 Å². The molecule has 0 bridgehead atoms. The van der Waals surface area contributed by atoms with Crippen molar-refractivity contribution in [2.24, 2.45) is 0 Å². The molecule has 1 amide bonds. The van der Waals surface area contributed by atoms with Gasteiger partial charge in [-0.3, -0.25) is 4.79 Å². The predicted molar refractivity (Wildman–Crippen MR) is 97.9 cm³/mol. The third-order valence-corrected chi connectivity index (χ3v) is 4.85. The SMILES string of the molecule is Cc1ccc(OC(C)C(=O)N2CCC(c3ccc(O)cc3)CC2)cc1. The van der Waals surface area contributed by atoms with Gasteiger partial charge in [0.05, 0.1) is 0 Å². The van der Waals surface area contributed by atoms with Crippen LogP contribution < -0.4 is 4.74 Å². The Morgan fingerprint density at radius 1 is 1.08 bits per heavy atom. The second-order valence-electron chi connectivity index (χ2n) is 6.76. The number of hydrogen-bond acceptors (Lipinski definition) is 3. The molecular weight excluding hydrogens is 314 g/mol. The van der Waals surface area contributed by atoms with Crippen molar-refractivity contribution in [1.29, 1.82) is 0 Å². The first-order valence-corrected chi connectivity index (χ1v) is 8.84. The van der Waals surface area contributed by atoms with Crippen molar-refractivity contribution in [3.63, 3.8) is 0 Å². The van der Waals surface area contributed by atoms with Crippen LogP contribution >= 0.6 is 0 Å². The average Bonchev–Trinajstić information content (AvgIpc) is 2.64. The number of aromatic hydroxyl groups is 1. The molecule has 0 aromatic heterocycles. The lowest BCUT2D eigenvalue weighted by Crippen LogP contribution is -2.44. The molecule has 2 aromatic carbocycles. The molecule has 1 aliphatic rings. The Hall–Kier alpha value is -2.49. The van der Waals surface area contributed by atoms with Gasteiger partial charge in [0, 0.05) is 13.1 Å². The lowest BCUT2D eigenvalue weighted by atomic mass is 9.89. The fourth-order valence-electron chi connectivity index (χ4n) is 3.31. The minimum absolute atomic E-state index is 0.0460. The van der Waals surface area contributed by atoms with Crippen LogP contribution in [0.25, 0.3) is 0 Å². The number of carbonyl (C=O) groups is 1. The summed E-state index contributed by atoms with van der Waals surface area (Å²) in [6, 6.07) is 15.2. The van der Waals surface area contributed by atoms with Crippen LogP contribution in [0.5, 0.6) is 11.5 Å².